The van der Waals surface area contributed by atoms with E-state index in [1.165, 1.54) is 11.1 Å². The maximum atomic E-state index is 6.21. The van der Waals surface area contributed by atoms with Gasteiger partial charge in [0.15, 0.2) is 0 Å². The van der Waals surface area contributed by atoms with Crippen LogP contribution in [0.5, 0.6) is 0 Å². The molecule has 0 aliphatic carbocycles. The number of hydrogen-bond acceptors (Lipinski definition) is 1. The first-order valence-electron chi connectivity index (χ1n) is 6.38. The first-order chi connectivity index (χ1) is 8.59. The van der Waals surface area contributed by atoms with Crippen LogP contribution >= 0.6 is 0 Å². The van der Waals surface area contributed by atoms with E-state index in [0.29, 0.717) is 0 Å². The first kappa shape index (κ1) is 12.8. The first-order valence-corrected chi connectivity index (χ1v) is 6.38. The predicted molar refractivity (Wildman–Crippen MR) is 75.4 cm³/mol. The van der Waals surface area contributed by atoms with Gasteiger partial charge in [-0.1, -0.05) is 60.7 Å². The summed E-state index contributed by atoms with van der Waals surface area (Å²) in [7, 11) is 0. The largest absolute Gasteiger partial charge is 0.363 e. The molecule has 0 fully saturated rings. The van der Waals surface area contributed by atoms with E-state index in [1.807, 2.05) is 36.4 Å². The molecule has 0 radical (unpaired) electrons. The second-order valence-corrected chi connectivity index (χ2v) is 5.05. The van der Waals surface area contributed by atoms with Crippen LogP contribution in [0.2, 0.25) is 0 Å². The molecule has 0 spiro atoms. The van der Waals surface area contributed by atoms with Gasteiger partial charge in [0, 0.05) is 0 Å². The van der Waals surface area contributed by atoms with Crippen LogP contribution < -0.4 is 0 Å². The van der Waals surface area contributed by atoms with Crippen molar-refractivity contribution < 1.29 is 4.74 Å². The number of ether oxygens (including phenoxy) is 1. The van der Waals surface area contributed by atoms with Crippen molar-refractivity contribution in [2.24, 2.45) is 0 Å². The van der Waals surface area contributed by atoms with E-state index in [0.717, 1.165) is 0 Å². The monoisotopic (exact) mass is 240 g/mol. The predicted octanol–water partition coefficient (Wildman–Crippen LogP) is 4.70. The Morgan fingerprint density at radius 2 is 1.33 bits per heavy atom. The average Bonchev–Trinajstić information content (AvgIpc) is 2.40. The second-order valence-electron chi connectivity index (χ2n) is 5.05. The van der Waals surface area contributed by atoms with Crippen LogP contribution in [0.1, 0.15) is 38.0 Å². The normalized spacial score (nSPS) is 13.3. The Hall–Kier alpha value is -1.60. The van der Waals surface area contributed by atoms with Crippen LogP contribution in [0.4, 0.5) is 0 Å². The van der Waals surface area contributed by atoms with Crippen LogP contribution in [0.15, 0.2) is 60.7 Å². The fourth-order valence-corrected chi connectivity index (χ4v) is 2.14. The maximum Gasteiger partial charge on any atom is 0.0883 e. The molecule has 0 saturated heterocycles. The van der Waals surface area contributed by atoms with Crippen molar-refractivity contribution in [1.29, 1.82) is 0 Å². The Kier molecular flexibility index (Phi) is 3.83. The summed E-state index contributed by atoms with van der Waals surface area (Å²) in [5, 5.41) is 0. The minimum absolute atomic E-state index is 0.0846. The zero-order valence-corrected chi connectivity index (χ0v) is 11.3. The molecular formula is C17H20O. The van der Waals surface area contributed by atoms with Crippen LogP contribution in [0, 0.1) is 0 Å². The van der Waals surface area contributed by atoms with Gasteiger partial charge in [0.2, 0.25) is 0 Å². The van der Waals surface area contributed by atoms with E-state index >= 15 is 0 Å². The molecule has 0 amide bonds. The standard InChI is InChI=1S/C17H20O/c1-14(15-10-6-4-7-11-15)18-17(2,3)16-12-8-5-9-13-16/h4-14H,1-3H3/t14-/m1/s1. The van der Waals surface area contributed by atoms with E-state index in [4.69, 9.17) is 4.74 Å². The number of benzene rings is 2. The minimum Gasteiger partial charge on any atom is -0.363 e. The van der Waals surface area contributed by atoms with Gasteiger partial charge >= 0.3 is 0 Å². The molecule has 2 aromatic carbocycles. The molecule has 0 aromatic heterocycles. The zero-order chi connectivity index (χ0) is 13.0. The van der Waals surface area contributed by atoms with Crippen molar-refractivity contribution in [2.45, 2.75) is 32.5 Å². The highest BCUT2D eigenvalue weighted by atomic mass is 16.5. The highest BCUT2D eigenvalue weighted by molar-refractivity contribution is 5.22. The van der Waals surface area contributed by atoms with E-state index in [9.17, 15) is 0 Å². The summed E-state index contributed by atoms with van der Waals surface area (Å²) in [5.74, 6) is 0. The molecule has 0 aliphatic rings. The molecule has 0 unspecified atom stereocenters. The minimum atomic E-state index is -0.281. The van der Waals surface area contributed by atoms with Gasteiger partial charge < -0.3 is 4.74 Å². The van der Waals surface area contributed by atoms with E-state index in [-0.39, 0.29) is 11.7 Å². The Labute approximate surface area is 109 Å². The Morgan fingerprint density at radius 3 is 1.89 bits per heavy atom. The molecule has 1 nitrogen and oxygen atoms in total. The van der Waals surface area contributed by atoms with Gasteiger partial charge in [0.1, 0.15) is 0 Å². The van der Waals surface area contributed by atoms with Gasteiger partial charge in [-0.15, -0.1) is 0 Å². The maximum absolute atomic E-state index is 6.21. The van der Waals surface area contributed by atoms with Crippen molar-refractivity contribution >= 4 is 0 Å². The number of hydrogen-bond donors (Lipinski definition) is 0. The third-order valence-corrected chi connectivity index (χ3v) is 3.21. The van der Waals surface area contributed by atoms with E-state index in [1.54, 1.807) is 0 Å². The van der Waals surface area contributed by atoms with Crippen molar-refractivity contribution in [3.8, 4) is 0 Å². The molecule has 2 aromatic rings. The van der Waals surface area contributed by atoms with Crippen LogP contribution in [0.25, 0.3) is 0 Å². The van der Waals surface area contributed by atoms with Crippen LogP contribution in [-0.4, -0.2) is 0 Å². The summed E-state index contributed by atoms with van der Waals surface area (Å²) in [6.07, 6.45) is 0.0846. The molecule has 1 atom stereocenters. The summed E-state index contributed by atoms with van der Waals surface area (Å²) in [6.45, 7) is 6.32. The van der Waals surface area contributed by atoms with Crippen LogP contribution in [0.3, 0.4) is 0 Å². The summed E-state index contributed by atoms with van der Waals surface area (Å²) in [6, 6.07) is 20.7. The molecule has 18 heavy (non-hydrogen) atoms. The Balaban J connectivity index is 2.14. The average molecular weight is 240 g/mol. The summed E-state index contributed by atoms with van der Waals surface area (Å²) < 4.78 is 6.21. The quantitative estimate of drug-likeness (QED) is 0.752. The summed E-state index contributed by atoms with van der Waals surface area (Å²) >= 11 is 0. The fraction of sp³-hybridized carbons (Fsp3) is 0.294. The molecule has 0 heterocycles. The smallest absolute Gasteiger partial charge is 0.0883 e. The molecule has 0 bridgehead atoms. The molecule has 0 N–H and O–H groups in total. The number of rotatable bonds is 4. The lowest BCUT2D eigenvalue weighted by Gasteiger charge is -2.30. The van der Waals surface area contributed by atoms with Gasteiger partial charge in [-0.3, -0.25) is 0 Å². The lowest BCUT2D eigenvalue weighted by Crippen LogP contribution is -2.23. The fourth-order valence-electron chi connectivity index (χ4n) is 2.14. The SMILES string of the molecule is C[C@@H](OC(C)(C)c1ccccc1)c1ccccc1. The Bertz CT molecular complexity index is 473. The highest BCUT2D eigenvalue weighted by Gasteiger charge is 2.24. The molecular weight excluding hydrogens is 220 g/mol. The third kappa shape index (κ3) is 2.99. The second kappa shape index (κ2) is 5.36. The van der Waals surface area contributed by atoms with Gasteiger partial charge in [0.05, 0.1) is 11.7 Å². The van der Waals surface area contributed by atoms with Gasteiger partial charge in [-0.05, 0) is 31.9 Å². The lowest BCUT2D eigenvalue weighted by molar-refractivity contribution is -0.0702. The summed E-state index contributed by atoms with van der Waals surface area (Å²) in [5.41, 5.74) is 2.13. The van der Waals surface area contributed by atoms with Crippen molar-refractivity contribution in [2.75, 3.05) is 0 Å². The lowest BCUT2D eigenvalue weighted by atomic mass is 9.97. The van der Waals surface area contributed by atoms with Gasteiger partial charge in [-0.25, -0.2) is 0 Å². The van der Waals surface area contributed by atoms with Crippen molar-refractivity contribution in [1.82, 2.24) is 0 Å². The molecule has 1 heteroatoms. The molecule has 2 rings (SSSR count). The third-order valence-electron chi connectivity index (χ3n) is 3.21. The molecule has 94 valence electrons. The van der Waals surface area contributed by atoms with Gasteiger partial charge in [-0.2, -0.15) is 0 Å². The molecule has 0 saturated carbocycles. The zero-order valence-electron chi connectivity index (χ0n) is 11.3. The van der Waals surface area contributed by atoms with Gasteiger partial charge in [0.25, 0.3) is 0 Å². The van der Waals surface area contributed by atoms with Crippen LogP contribution in [-0.2, 0) is 10.3 Å². The van der Waals surface area contributed by atoms with Crippen molar-refractivity contribution in [3.63, 3.8) is 0 Å². The topological polar surface area (TPSA) is 9.23 Å². The highest BCUT2D eigenvalue weighted by Crippen LogP contribution is 2.31. The van der Waals surface area contributed by atoms with Crippen molar-refractivity contribution in [3.05, 3.63) is 71.8 Å². The Morgan fingerprint density at radius 1 is 0.833 bits per heavy atom. The van der Waals surface area contributed by atoms with E-state index < -0.39 is 0 Å². The van der Waals surface area contributed by atoms with E-state index in [2.05, 4.69) is 45.0 Å². The summed E-state index contributed by atoms with van der Waals surface area (Å²) in [4.78, 5) is 0. The molecule has 0 aliphatic heterocycles.